The van der Waals surface area contributed by atoms with Gasteiger partial charge in [0.1, 0.15) is 11.4 Å². The van der Waals surface area contributed by atoms with Crippen LogP contribution in [0.4, 0.5) is 0 Å². The fourth-order valence-corrected chi connectivity index (χ4v) is 4.46. The van der Waals surface area contributed by atoms with Gasteiger partial charge in [0.2, 0.25) is 0 Å². The molecule has 2 aromatic carbocycles. The smallest absolute Gasteiger partial charge is 0.270 e. The zero-order valence-electron chi connectivity index (χ0n) is 18.4. The summed E-state index contributed by atoms with van der Waals surface area (Å²) < 4.78 is 7.65. The molecule has 0 saturated heterocycles. The molecule has 4 rings (SSSR count). The standard InChI is InChI=1S/C24H28N4O2/c1-14(13-27(3)4)26-24(29)22-19-12-20-18-11-16(30-6)7-8-21(18)28(5)23(20)15(2)17(19)9-10-25-22/h7-12,14H,13H2,1-6H3,(H,26,29)/t14-/m1/s1. The SMILES string of the molecule is COc1ccc2c(c1)c1cc3c(C(=O)N[C@H](C)CN(C)C)nccc3c(C)c1n2C. The van der Waals surface area contributed by atoms with E-state index in [4.69, 9.17) is 4.74 Å². The van der Waals surface area contributed by atoms with Crippen molar-refractivity contribution in [3.05, 3.63) is 47.8 Å². The van der Waals surface area contributed by atoms with Gasteiger partial charge in [-0.1, -0.05) is 0 Å². The third kappa shape index (κ3) is 3.27. The molecule has 1 amide bonds. The molecule has 6 nitrogen and oxygen atoms in total. The first-order chi connectivity index (χ1) is 14.3. The molecular weight excluding hydrogens is 376 g/mol. The molecule has 4 aromatic rings. The van der Waals surface area contributed by atoms with Crippen molar-refractivity contribution in [3.63, 3.8) is 0 Å². The van der Waals surface area contributed by atoms with E-state index in [1.807, 2.05) is 33.2 Å². The average molecular weight is 405 g/mol. The number of methoxy groups -OCH3 is 1. The molecule has 0 bridgehead atoms. The van der Waals surface area contributed by atoms with Gasteiger partial charge in [0.15, 0.2) is 0 Å². The van der Waals surface area contributed by atoms with Gasteiger partial charge in [0.05, 0.1) is 12.6 Å². The lowest BCUT2D eigenvalue weighted by Gasteiger charge is -2.18. The quantitative estimate of drug-likeness (QED) is 0.548. The summed E-state index contributed by atoms with van der Waals surface area (Å²) in [5.41, 5.74) is 3.88. The van der Waals surface area contributed by atoms with Crippen LogP contribution < -0.4 is 10.1 Å². The van der Waals surface area contributed by atoms with Gasteiger partial charge in [-0.15, -0.1) is 0 Å². The maximum atomic E-state index is 13.0. The fourth-order valence-electron chi connectivity index (χ4n) is 4.46. The molecule has 1 atom stereocenters. The van der Waals surface area contributed by atoms with Crippen LogP contribution in [-0.2, 0) is 7.05 Å². The van der Waals surface area contributed by atoms with Crippen LogP contribution in [0, 0.1) is 6.92 Å². The lowest BCUT2D eigenvalue weighted by Crippen LogP contribution is -2.39. The minimum atomic E-state index is -0.147. The van der Waals surface area contributed by atoms with Crippen molar-refractivity contribution in [1.29, 1.82) is 0 Å². The summed E-state index contributed by atoms with van der Waals surface area (Å²) in [7, 11) is 7.74. The maximum Gasteiger partial charge on any atom is 0.270 e. The van der Waals surface area contributed by atoms with Crippen molar-refractivity contribution in [2.45, 2.75) is 19.9 Å². The third-order valence-corrected chi connectivity index (χ3v) is 5.72. The summed E-state index contributed by atoms with van der Waals surface area (Å²) >= 11 is 0. The lowest BCUT2D eigenvalue weighted by molar-refractivity contribution is 0.0931. The maximum absolute atomic E-state index is 13.0. The Morgan fingerprint density at radius 1 is 1.17 bits per heavy atom. The number of pyridine rings is 1. The number of aryl methyl sites for hydroxylation is 2. The number of rotatable bonds is 5. The summed E-state index contributed by atoms with van der Waals surface area (Å²) in [5, 5.41) is 7.19. The number of amides is 1. The van der Waals surface area contributed by atoms with Crippen molar-refractivity contribution in [2.75, 3.05) is 27.7 Å². The summed E-state index contributed by atoms with van der Waals surface area (Å²) in [6.07, 6.45) is 1.72. The van der Waals surface area contributed by atoms with Crippen LogP contribution in [0.2, 0.25) is 0 Å². The van der Waals surface area contributed by atoms with Crippen LogP contribution in [-0.4, -0.2) is 54.1 Å². The highest BCUT2D eigenvalue weighted by Gasteiger charge is 2.19. The van der Waals surface area contributed by atoms with Gasteiger partial charge in [-0.25, -0.2) is 0 Å². The summed E-state index contributed by atoms with van der Waals surface area (Å²) in [4.78, 5) is 19.6. The Bertz CT molecular complexity index is 1270. The van der Waals surface area contributed by atoms with Gasteiger partial charge in [0, 0.05) is 47.5 Å². The average Bonchev–Trinajstić information content (AvgIpc) is 2.98. The van der Waals surface area contributed by atoms with E-state index in [1.165, 1.54) is 0 Å². The zero-order chi connectivity index (χ0) is 21.6. The number of nitrogens with zero attached hydrogens (tertiary/aromatic N) is 3. The lowest BCUT2D eigenvalue weighted by atomic mass is 10.00. The van der Waals surface area contributed by atoms with Gasteiger partial charge in [0.25, 0.3) is 5.91 Å². The Morgan fingerprint density at radius 2 is 1.93 bits per heavy atom. The van der Waals surface area contributed by atoms with Crippen LogP contribution >= 0.6 is 0 Å². The van der Waals surface area contributed by atoms with E-state index < -0.39 is 0 Å². The molecule has 2 heterocycles. The minimum absolute atomic E-state index is 0.0243. The molecule has 0 aliphatic rings. The van der Waals surface area contributed by atoms with Crippen LogP contribution in [0.3, 0.4) is 0 Å². The van der Waals surface area contributed by atoms with Crippen molar-refractivity contribution < 1.29 is 9.53 Å². The Balaban J connectivity index is 1.94. The predicted octanol–water partition coefficient (Wildman–Crippen LogP) is 3.88. The highest BCUT2D eigenvalue weighted by molar-refractivity contribution is 6.17. The number of benzene rings is 2. The second-order valence-corrected chi connectivity index (χ2v) is 8.23. The number of carbonyl (C=O) groups is 1. The Kier molecular flexibility index (Phi) is 5.12. The second kappa shape index (κ2) is 7.61. The normalized spacial score (nSPS) is 12.8. The fraction of sp³-hybridized carbons (Fsp3) is 0.333. The second-order valence-electron chi connectivity index (χ2n) is 8.23. The summed E-state index contributed by atoms with van der Waals surface area (Å²) in [6.45, 7) is 4.88. The van der Waals surface area contributed by atoms with Crippen molar-refractivity contribution in [1.82, 2.24) is 19.8 Å². The number of likely N-dealkylation sites (N-methyl/N-ethyl adjacent to an activating group) is 1. The Hall–Kier alpha value is -3.12. The van der Waals surface area contributed by atoms with Gasteiger partial charge in [-0.3, -0.25) is 9.78 Å². The van der Waals surface area contributed by atoms with Crippen molar-refractivity contribution in [2.24, 2.45) is 7.05 Å². The molecule has 2 aromatic heterocycles. The van der Waals surface area contributed by atoms with Gasteiger partial charge < -0.3 is 19.5 Å². The number of ether oxygens (including phenoxy) is 1. The molecule has 0 spiro atoms. The number of hydrogen-bond acceptors (Lipinski definition) is 4. The highest BCUT2D eigenvalue weighted by atomic mass is 16.5. The van der Waals surface area contributed by atoms with Gasteiger partial charge >= 0.3 is 0 Å². The monoisotopic (exact) mass is 404 g/mol. The van der Waals surface area contributed by atoms with Gasteiger partial charge in [-0.2, -0.15) is 0 Å². The zero-order valence-corrected chi connectivity index (χ0v) is 18.4. The molecular formula is C24H28N4O2. The molecule has 156 valence electrons. The van der Waals surface area contributed by atoms with E-state index >= 15 is 0 Å². The molecule has 0 unspecified atom stereocenters. The topological polar surface area (TPSA) is 59.4 Å². The highest BCUT2D eigenvalue weighted by Crippen LogP contribution is 2.37. The minimum Gasteiger partial charge on any atom is -0.497 e. The molecule has 0 radical (unpaired) electrons. The number of nitrogens with one attached hydrogen (secondary N) is 1. The van der Waals surface area contributed by atoms with Crippen molar-refractivity contribution in [3.8, 4) is 5.75 Å². The van der Waals surface area contributed by atoms with Crippen LogP contribution in [0.25, 0.3) is 32.6 Å². The number of carbonyl (C=O) groups excluding carboxylic acids is 1. The van der Waals surface area contributed by atoms with Crippen molar-refractivity contribution >= 4 is 38.5 Å². The molecule has 0 aliphatic heterocycles. The first kappa shape index (κ1) is 20.2. The number of aromatic nitrogens is 2. The van der Waals surface area contributed by atoms with Crippen LogP contribution in [0.1, 0.15) is 23.0 Å². The van der Waals surface area contributed by atoms with Crippen LogP contribution in [0.5, 0.6) is 5.75 Å². The van der Waals surface area contributed by atoms with E-state index in [-0.39, 0.29) is 11.9 Å². The predicted molar refractivity (Wildman–Crippen MR) is 122 cm³/mol. The van der Waals surface area contributed by atoms with Gasteiger partial charge in [-0.05, 0) is 69.2 Å². The Labute approximate surface area is 176 Å². The third-order valence-electron chi connectivity index (χ3n) is 5.72. The van der Waals surface area contributed by atoms with E-state index in [2.05, 4.69) is 51.9 Å². The molecule has 1 N–H and O–H groups in total. The number of hydrogen-bond donors (Lipinski definition) is 1. The molecule has 6 heteroatoms. The number of fused-ring (bicyclic) bond motifs is 4. The van der Waals surface area contributed by atoms with E-state index in [0.29, 0.717) is 5.69 Å². The summed E-state index contributed by atoms with van der Waals surface area (Å²) in [5.74, 6) is 0.668. The van der Waals surface area contributed by atoms with Crippen LogP contribution in [0.15, 0.2) is 36.5 Å². The molecule has 0 saturated carbocycles. The first-order valence-corrected chi connectivity index (χ1v) is 10.1. The summed E-state index contributed by atoms with van der Waals surface area (Å²) in [6, 6.07) is 10.2. The molecule has 0 aliphatic carbocycles. The van der Waals surface area contributed by atoms with E-state index in [1.54, 1.807) is 13.3 Å². The van der Waals surface area contributed by atoms with E-state index in [0.717, 1.165) is 50.4 Å². The molecule has 0 fully saturated rings. The molecule has 30 heavy (non-hydrogen) atoms. The first-order valence-electron chi connectivity index (χ1n) is 10.1. The van der Waals surface area contributed by atoms with E-state index in [9.17, 15) is 4.79 Å². The largest absolute Gasteiger partial charge is 0.497 e. The Morgan fingerprint density at radius 3 is 2.63 bits per heavy atom.